The highest BCUT2D eigenvalue weighted by atomic mass is 19.2. The molecule has 1 nitrogen and oxygen atoms in total. The van der Waals surface area contributed by atoms with Crippen molar-refractivity contribution < 1.29 is 13.2 Å². The van der Waals surface area contributed by atoms with Gasteiger partial charge in [-0.15, -0.1) is 0 Å². The van der Waals surface area contributed by atoms with E-state index in [2.05, 4.69) is 12.2 Å². The Morgan fingerprint density at radius 1 is 0.952 bits per heavy atom. The van der Waals surface area contributed by atoms with Gasteiger partial charge in [0, 0.05) is 11.6 Å². The van der Waals surface area contributed by atoms with Crippen molar-refractivity contribution in [2.75, 3.05) is 6.54 Å². The lowest BCUT2D eigenvalue weighted by molar-refractivity contribution is 0.449. The van der Waals surface area contributed by atoms with E-state index in [-0.39, 0.29) is 11.6 Å². The van der Waals surface area contributed by atoms with Crippen molar-refractivity contribution in [3.63, 3.8) is 0 Å². The van der Waals surface area contributed by atoms with Crippen LogP contribution in [0, 0.1) is 17.5 Å². The van der Waals surface area contributed by atoms with Crippen molar-refractivity contribution in [2.45, 2.75) is 26.3 Å². The molecule has 0 spiro atoms. The molecule has 0 heterocycles. The highest BCUT2D eigenvalue weighted by Gasteiger charge is 2.18. The fraction of sp³-hybridized carbons (Fsp3) is 0.294. The van der Waals surface area contributed by atoms with Crippen LogP contribution in [0.5, 0.6) is 0 Å². The Kier molecular flexibility index (Phi) is 5.02. The zero-order valence-corrected chi connectivity index (χ0v) is 12.1. The number of benzene rings is 2. The largest absolute Gasteiger partial charge is 0.310 e. The first-order chi connectivity index (χ1) is 10.1. The summed E-state index contributed by atoms with van der Waals surface area (Å²) in [5.41, 5.74) is 1.51. The van der Waals surface area contributed by atoms with Crippen LogP contribution in [0.2, 0.25) is 0 Å². The minimum atomic E-state index is -1.43. The van der Waals surface area contributed by atoms with Crippen LogP contribution in [0.3, 0.4) is 0 Å². The first kappa shape index (κ1) is 15.6. The second-order valence-corrected chi connectivity index (χ2v) is 4.99. The van der Waals surface area contributed by atoms with E-state index >= 15 is 0 Å². The van der Waals surface area contributed by atoms with Crippen LogP contribution in [-0.4, -0.2) is 6.54 Å². The number of halogens is 3. The maximum atomic E-state index is 14.0. The molecule has 0 saturated heterocycles. The van der Waals surface area contributed by atoms with Crippen molar-refractivity contribution in [3.8, 4) is 11.1 Å². The van der Waals surface area contributed by atoms with Crippen LogP contribution in [0.25, 0.3) is 11.1 Å². The molecule has 1 N–H and O–H groups in total. The van der Waals surface area contributed by atoms with Gasteiger partial charge in [-0.3, -0.25) is 0 Å². The van der Waals surface area contributed by atoms with Crippen LogP contribution in [0.15, 0.2) is 36.4 Å². The van der Waals surface area contributed by atoms with Crippen LogP contribution in [0.4, 0.5) is 13.2 Å². The third-order valence-electron chi connectivity index (χ3n) is 3.45. The van der Waals surface area contributed by atoms with Gasteiger partial charge in [0.1, 0.15) is 0 Å². The zero-order chi connectivity index (χ0) is 15.4. The molecule has 0 aliphatic heterocycles. The Balaban J connectivity index is 2.48. The lowest BCUT2D eigenvalue weighted by Crippen LogP contribution is -2.20. The molecular weight excluding hydrogens is 275 g/mol. The maximum absolute atomic E-state index is 14.0. The Morgan fingerprint density at radius 2 is 1.67 bits per heavy atom. The molecule has 2 aromatic carbocycles. The molecule has 0 radical (unpaired) electrons. The average Bonchev–Trinajstić information content (AvgIpc) is 2.50. The smallest absolute Gasteiger partial charge is 0.195 e. The van der Waals surface area contributed by atoms with Gasteiger partial charge in [-0.05, 0) is 43.1 Å². The predicted molar refractivity (Wildman–Crippen MR) is 78.5 cm³/mol. The van der Waals surface area contributed by atoms with E-state index in [0.717, 1.165) is 24.6 Å². The molecule has 4 heteroatoms. The summed E-state index contributed by atoms with van der Waals surface area (Å²) in [6.45, 7) is 4.85. The second-order valence-electron chi connectivity index (χ2n) is 4.99. The van der Waals surface area contributed by atoms with E-state index in [1.165, 1.54) is 6.07 Å². The predicted octanol–water partition coefficient (Wildman–Crippen LogP) is 4.83. The fourth-order valence-corrected chi connectivity index (χ4v) is 2.32. The molecular formula is C17H18F3N. The summed E-state index contributed by atoms with van der Waals surface area (Å²) in [4.78, 5) is 0. The molecule has 0 aliphatic rings. The average molecular weight is 293 g/mol. The van der Waals surface area contributed by atoms with E-state index in [0.29, 0.717) is 5.56 Å². The van der Waals surface area contributed by atoms with E-state index in [9.17, 15) is 13.2 Å². The zero-order valence-electron chi connectivity index (χ0n) is 12.1. The van der Waals surface area contributed by atoms with Gasteiger partial charge in [0.2, 0.25) is 0 Å². The Bertz CT molecular complexity index is 625. The first-order valence-electron chi connectivity index (χ1n) is 7.02. The SMILES string of the molecule is CCCNC(C)c1ccccc1-c1ccc(F)c(F)c1F. The molecule has 1 unspecified atom stereocenters. The third kappa shape index (κ3) is 3.27. The topological polar surface area (TPSA) is 12.0 Å². The van der Waals surface area contributed by atoms with Gasteiger partial charge in [-0.25, -0.2) is 13.2 Å². The number of hydrogen-bond acceptors (Lipinski definition) is 1. The summed E-state index contributed by atoms with van der Waals surface area (Å²) in [5.74, 6) is -3.76. The van der Waals surface area contributed by atoms with E-state index in [4.69, 9.17) is 0 Å². The van der Waals surface area contributed by atoms with Crippen molar-refractivity contribution in [2.24, 2.45) is 0 Å². The van der Waals surface area contributed by atoms with Gasteiger partial charge in [-0.2, -0.15) is 0 Å². The quantitative estimate of drug-likeness (QED) is 0.778. The van der Waals surface area contributed by atoms with Gasteiger partial charge in [0.05, 0.1) is 0 Å². The standard InChI is InChI=1S/C17H18F3N/c1-3-10-21-11(2)12-6-4-5-7-13(12)14-8-9-15(18)17(20)16(14)19/h4-9,11,21H,3,10H2,1-2H3. The molecule has 0 fully saturated rings. The van der Waals surface area contributed by atoms with Crippen LogP contribution in [0.1, 0.15) is 31.9 Å². The van der Waals surface area contributed by atoms with Crippen molar-refractivity contribution in [1.82, 2.24) is 5.32 Å². The van der Waals surface area contributed by atoms with Crippen molar-refractivity contribution in [3.05, 3.63) is 59.4 Å². The number of nitrogens with one attached hydrogen (secondary N) is 1. The molecule has 1 atom stereocenters. The van der Waals surface area contributed by atoms with E-state index in [1.807, 2.05) is 19.1 Å². The minimum Gasteiger partial charge on any atom is -0.310 e. The van der Waals surface area contributed by atoms with Crippen LogP contribution < -0.4 is 5.32 Å². The summed E-state index contributed by atoms with van der Waals surface area (Å²) < 4.78 is 40.5. The maximum Gasteiger partial charge on any atom is 0.195 e. The van der Waals surface area contributed by atoms with E-state index < -0.39 is 17.5 Å². The molecule has 2 rings (SSSR count). The third-order valence-corrected chi connectivity index (χ3v) is 3.45. The summed E-state index contributed by atoms with van der Waals surface area (Å²) in [7, 11) is 0. The van der Waals surface area contributed by atoms with Crippen LogP contribution in [-0.2, 0) is 0 Å². The monoisotopic (exact) mass is 293 g/mol. The van der Waals surface area contributed by atoms with Gasteiger partial charge in [0.25, 0.3) is 0 Å². The van der Waals surface area contributed by atoms with E-state index in [1.54, 1.807) is 12.1 Å². The molecule has 2 aromatic rings. The number of hydrogen-bond donors (Lipinski definition) is 1. The van der Waals surface area contributed by atoms with Gasteiger partial charge < -0.3 is 5.32 Å². The molecule has 0 saturated carbocycles. The lowest BCUT2D eigenvalue weighted by atomic mass is 9.95. The highest BCUT2D eigenvalue weighted by Crippen LogP contribution is 2.31. The molecule has 112 valence electrons. The summed E-state index contributed by atoms with van der Waals surface area (Å²) in [6.07, 6.45) is 0.978. The van der Waals surface area contributed by atoms with Gasteiger partial charge >= 0.3 is 0 Å². The van der Waals surface area contributed by atoms with Crippen molar-refractivity contribution >= 4 is 0 Å². The Labute approximate surface area is 122 Å². The molecule has 0 aliphatic carbocycles. The lowest BCUT2D eigenvalue weighted by Gasteiger charge is -2.18. The molecule has 21 heavy (non-hydrogen) atoms. The summed E-state index contributed by atoms with van der Waals surface area (Å²) in [6, 6.07) is 9.41. The van der Waals surface area contributed by atoms with Crippen molar-refractivity contribution in [1.29, 1.82) is 0 Å². The van der Waals surface area contributed by atoms with Gasteiger partial charge in [-0.1, -0.05) is 31.2 Å². The minimum absolute atomic E-state index is 0.00587. The molecule has 0 aromatic heterocycles. The number of rotatable bonds is 5. The molecule has 0 bridgehead atoms. The molecule has 0 amide bonds. The summed E-state index contributed by atoms with van der Waals surface area (Å²) in [5, 5.41) is 3.31. The van der Waals surface area contributed by atoms with Crippen LogP contribution >= 0.6 is 0 Å². The highest BCUT2D eigenvalue weighted by molar-refractivity contribution is 5.68. The fourth-order valence-electron chi connectivity index (χ4n) is 2.32. The normalized spacial score (nSPS) is 12.4. The Morgan fingerprint density at radius 3 is 2.38 bits per heavy atom. The summed E-state index contributed by atoms with van der Waals surface area (Å²) >= 11 is 0. The second kappa shape index (κ2) is 6.76. The van der Waals surface area contributed by atoms with Gasteiger partial charge in [0.15, 0.2) is 17.5 Å². The first-order valence-corrected chi connectivity index (χ1v) is 7.02. The Hall–Kier alpha value is -1.81.